The Balaban J connectivity index is 1.96. The smallest absolute Gasteiger partial charge is 0.227 e. The van der Waals surface area contributed by atoms with Gasteiger partial charge in [0, 0.05) is 38.6 Å². The molecule has 24 heavy (non-hydrogen) atoms. The number of hydrogen-bond acceptors (Lipinski definition) is 5. The lowest BCUT2D eigenvalue weighted by molar-refractivity contribution is 0.415. The molecule has 0 saturated carbocycles. The number of aromatic nitrogens is 2. The van der Waals surface area contributed by atoms with Crippen LogP contribution in [-0.4, -0.2) is 62.2 Å². The summed E-state index contributed by atoms with van der Waals surface area (Å²) in [5.74, 6) is 1.93. The predicted molar refractivity (Wildman–Crippen MR) is 102 cm³/mol. The number of para-hydroxylation sites is 1. The molecule has 5 heteroatoms. The number of rotatable bonds is 5. The lowest BCUT2D eigenvalue weighted by Crippen LogP contribution is -2.31. The van der Waals surface area contributed by atoms with Gasteiger partial charge in [-0.1, -0.05) is 25.0 Å². The fourth-order valence-electron chi connectivity index (χ4n) is 3.19. The Bertz CT molecular complexity index is 662. The second-order valence-corrected chi connectivity index (χ2v) is 6.99. The summed E-state index contributed by atoms with van der Waals surface area (Å²) in [5.41, 5.74) is 1.04. The molecule has 1 aromatic heterocycles. The third-order valence-corrected chi connectivity index (χ3v) is 4.70. The molecule has 1 aromatic carbocycles. The first-order valence-corrected chi connectivity index (χ1v) is 9.03. The van der Waals surface area contributed by atoms with Gasteiger partial charge in [0.1, 0.15) is 5.82 Å². The fraction of sp³-hybridized carbons (Fsp3) is 0.579. The molecule has 0 bridgehead atoms. The van der Waals surface area contributed by atoms with Crippen LogP contribution in [0.5, 0.6) is 0 Å². The summed E-state index contributed by atoms with van der Waals surface area (Å²) in [6, 6.07) is 8.40. The van der Waals surface area contributed by atoms with Crippen molar-refractivity contribution in [1.82, 2.24) is 14.9 Å². The molecule has 0 amide bonds. The molecule has 0 spiro atoms. The molecule has 0 N–H and O–H groups in total. The van der Waals surface area contributed by atoms with Gasteiger partial charge in [0.05, 0.1) is 5.52 Å². The molecule has 0 atom stereocenters. The van der Waals surface area contributed by atoms with Gasteiger partial charge in [-0.25, -0.2) is 4.98 Å². The van der Waals surface area contributed by atoms with Crippen LogP contribution in [0.25, 0.3) is 10.9 Å². The summed E-state index contributed by atoms with van der Waals surface area (Å²) >= 11 is 0. The molecule has 1 fully saturated rings. The molecule has 1 aliphatic heterocycles. The maximum atomic E-state index is 4.97. The maximum Gasteiger partial charge on any atom is 0.227 e. The Kier molecular flexibility index (Phi) is 5.51. The topological polar surface area (TPSA) is 35.5 Å². The monoisotopic (exact) mass is 327 g/mol. The lowest BCUT2D eigenvalue weighted by Gasteiger charge is -2.26. The summed E-state index contributed by atoms with van der Waals surface area (Å²) in [5, 5.41) is 1.17. The van der Waals surface area contributed by atoms with Crippen LogP contribution < -0.4 is 9.80 Å². The fourth-order valence-corrected chi connectivity index (χ4v) is 3.19. The summed E-state index contributed by atoms with van der Waals surface area (Å²) < 4.78 is 0. The SMILES string of the molecule is CN(C)CCN(C)c1nc(N2CCCCCC2)c2ccccc2n1. The van der Waals surface area contributed by atoms with Crippen LogP contribution >= 0.6 is 0 Å². The first-order chi connectivity index (χ1) is 11.6. The van der Waals surface area contributed by atoms with E-state index in [9.17, 15) is 0 Å². The van der Waals surface area contributed by atoms with Gasteiger partial charge in [0.2, 0.25) is 5.95 Å². The second-order valence-electron chi connectivity index (χ2n) is 6.99. The largest absolute Gasteiger partial charge is 0.356 e. The lowest BCUT2D eigenvalue weighted by atomic mass is 10.2. The zero-order valence-electron chi connectivity index (χ0n) is 15.2. The van der Waals surface area contributed by atoms with Crippen LogP contribution in [0.2, 0.25) is 0 Å². The van der Waals surface area contributed by atoms with Crippen LogP contribution in [0.15, 0.2) is 24.3 Å². The van der Waals surface area contributed by atoms with E-state index in [1.165, 1.54) is 31.1 Å². The average Bonchev–Trinajstić information content (AvgIpc) is 2.88. The Morgan fingerprint density at radius 3 is 2.33 bits per heavy atom. The van der Waals surface area contributed by atoms with E-state index in [1.807, 2.05) is 0 Å². The zero-order chi connectivity index (χ0) is 16.9. The van der Waals surface area contributed by atoms with E-state index >= 15 is 0 Å². The number of nitrogens with zero attached hydrogens (tertiary/aromatic N) is 5. The van der Waals surface area contributed by atoms with Crippen molar-refractivity contribution in [2.24, 2.45) is 0 Å². The first-order valence-electron chi connectivity index (χ1n) is 9.03. The summed E-state index contributed by atoms with van der Waals surface area (Å²) in [6.45, 7) is 4.11. The van der Waals surface area contributed by atoms with Crippen LogP contribution in [0.1, 0.15) is 25.7 Å². The average molecular weight is 327 g/mol. The summed E-state index contributed by atoms with van der Waals surface area (Å²) in [7, 11) is 6.27. The minimum atomic E-state index is 0.829. The molecule has 5 nitrogen and oxygen atoms in total. The van der Waals surface area contributed by atoms with Crippen molar-refractivity contribution >= 4 is 22.7 Å². The number of benzene rings is 1. The van der Waals surface area contributed by atoms with Crippen molar-refractivity contribution in [2.75, 3.05) is 57.1 Å². The zero-order valence-corrected chi connectivity index (χ0v) is 15.2. The maximum absolute atomic E-state index is 4.97. The molecule has 3 rings (SSSR count). The van der Waals surface area contributed by atoms with E-state index in [4.69, 9.17) is 9.97 Å². The minimum absolute atomic E-state index is 0.829. The van der Waals surface area contributed by atoms with E-state index in [1.54, 1.807) is 0 Å². The van der Waals surface area contributed by atoms with Crippen molar-refractivity contribution in [2.45, 2.75) is 25.7 Å². The van der Waals surface area contributed by atoms with E-state index in [-0.39, 0.29) is 0 Å². The van der Waals surface area contributed by atoms with E-state index < -0.39 is 0 Å². The molecule has 2 aromatic rings. The third-order valence-electron chi connectivity index (χ3n) is 4.70. The van der Waals surface area contributed by atoms with E-state index in [0.717, 1.165) is 43.5 Å². The van der Waals surface area contributed by atoms with Crippen molar-refractivity contribution in [3.05, 3.63) is 24.3 Å². The molecule has 0 aliphatic carbocycles. The molecule has 1 saturated heterocycles. The van der Waals surface area contributed by atoms with Gasteiger partial charge in [-0.05, 0) is 39.1 Å². The van der Waals surface area contributed by atoms with Crippen molar-refractivity contribution < 1.29 is 0 Å². The molecule has 2 heterocycles. The predicted octanol–water partition coefficient (Wildman–Crippen LogP) is 3.01. The molecule has 0 unspecified atom stereocenters. The van der Waals surface area contributed by atoms with Crippen LogP contribution in [0.3, 0.4) is 0 Å². The highest BCUT2D eigenvalue weighted by Gasteiger charge is 2.17. The van der Waals surface area contributed by atoms with Gasteiger partial charge < -0.3 is 14.7 Å². The van der Waals surface area contributed by atoms with Crippen molar-refractivity contribution in [1.29, 1.82) is 0 Å². The van der Waals surface area contributed by atoms with Gasteiger partial charge >= 0.3 is 0 Å². The highest BCUT2D eigenvalue weighted by molar-refractivity contribution is 5.90. The number of hydrogen-bond donors (Lipinski definition) is 0. The molecular formula is C19H29N5. The van der Waals surface area contributed by atoms with Crippen LogP contribution in [-0.2, 0) is 0 Å². The second kappa shape index (κ2) is 7.79. The molecule has 1 aliphatic rings. The van der Waals surface area contributed by atoms with Gasteiger partial charge in [-0.15, -0.1) is 0 Å². The quantitative estimate of drug-likeness (QED) is 0.843. The highest BCUT2D eigenvalue weighted by atomic mass is 15.3. The van der Waals surface area contributed by atoms with Gasteiger partial charge in [0.25, 0.3) is 0 Å². The van der Waals surface area contributed by atoms with E-state index in [0.29, 0.717) is 0 Å². The Morgan fingerprint density at radius 1 is 0.917 bits per heavy atom. The summed E-state index contributed by atoms with van der Waals surface area (Å²) in [4.78, 5) is 16.6. The number of likely N-dealkylation sites (N-methyl/N-ethyl adjacent to an activating group) is 2. The number of fused-ring (bicyclic) bond motifs is 1. The van der Waals surface area contributed by atoms with Gasteiger partial charge in [-0.2, -0.15) is 4.98 Å². The standard InChI is InChI=1S/C19H29N5/c1-22(2)14-15-23(3)19-20-17-11-7-6-10-16(17)18(21-19)24-12-8-4-5-9-13-24/h6-7,10-11H,4-5,8-9,12-15H2,1-3H3. The van der Waals surface area contributed by atoms with Crippen LogP contribution in [0, 0.1) is 0 Å². The Hall–Kier alpha value is -1.88. The number of anilines is 2. The van der Waals surface area contributed by atoms with Gasteiger partial charge in [-0.3, -0.25) is 0 Å². The van der Waals surface area contributed by atoms with Crippen molar-refractivity contribution in [3.63, 3.8) is 0 Å². The molecular weight excluding hydrogens is 298 g/mol. The summed E-state index contributed by atoms with van der Waals surface area (Å²) in [6.07, 6.45) is 5.17. The Morgan fingerprint density at radius 2 is 1.62 bits per heavy atom. The Labute approximate surface area is 145 Å². The minimum Gasteiger partial charge on any atom is -0.356 e. The van der Waals surface area contributed by atoms with Gasteiger partial charge in [0.15, 0.2) is 0 Å². The molecule has 0 radical (unpaired) electrons. The third kappa shape index (κ3) is 3.96. The van der Waals surface area contributed by atoms with Crippen LogP contribution in [0.4, 0.5) is 11.8 Å². The van der Waals surface area contributed by atoms with E-state index in [2.05, 4.69) is 60.1 Å². The van der Waals surface area contributed by atoms with Crippen molar-refractivity contribution in [3.8, 4) is 0 Å². The normalized spacial score (nSPS) is 15.8. The first kappa shape index (κ1) is 17.0. The highest BCUT2D eigenvalue weighted by Crippen LogP contribution is 2.28. The molecule has 130 valence electrons.